The lowest BCUT2D eigenvalue weighted by molar-refractivity contribution is -0.124. The van der Waals surface area contributed by atoms with E-state index >= 15 is 0 Å². The predicted molar refractivity (Wildman–Crippen MR) is 99.7 cm³/mol. The van der Waals surface area contributed by atoms with Crippen molar-refractivity contribution < 1.29 is 19.4 Å². The monoisotopic (exact) mass is 375 g/mol. The molecule has 2 aromatic rings. The predicted octanol–water partition coefficient (Wildman–Crippen LogP) is 2.92. The number of benzene rings is 2. The van der Waals surface area contributed by atoms with Crippen LogP contribution in [0.4, 0.5) is 5.69 Å². The third kappa shape index (κ3) is 6.10. The van der Waals surface area contributed by atoms with Crippen molar-refractivity contribution in [1.82, 2.24) is 5.43 Å². The molecule has 0 saturated heterocycles. The molecule has 2 amide bonds. The third-order valence-corrected chi connectivity index (χ3v) is 3.53. The van der Waals surface area contributed by atoms with E-state index in [1.165, 1.54) is 19.4 Å². The molecule has 0 spiro atoms. The maximum Gasteiger partial charge on any atom is 0.240 e. The number of hydrogen-bond donors (Lipinski definition) is 3. The molecule has 0 saturated carbocycles. The number of amides is 2. The Morgan fingerprint density at radius 2 is 1.96 bits per heavy atom. The zero-order valence-electron chi connectivity index (χ0n) is 14.0. The largest absolute Gasteiger partial charge is 0.504 e. The summed E-state index contributed by atoms with van der Waals surface area (Å²) in [5.41, 5.74) is 3.55. The van der Waals surface area contributed by atoms with Crippen LogP contribution in [0.2, 0.25) is 5.02 Å². The summed E-state index contributed by atoms with van der Waals surface area (Å²) >= 11 is 5.84. The van der Waals surface area contributed by atoms with Crippen molar-refractivity contribution in [2.24, 2.45) is 5.10 Å². The van der Waals surface area contributed by atoms with E-state index in [4.69, 9.17) is 16.3 Å². The number of methoxy groups -OCH3 is 1. The van der Waals surface area contributed by atoms with Crippen molar-refractivity contribution in [2.75, 3.05) is 12.4 Å². The summed E-state index contributed by atoms with van der Waals surface area (Å²) < 4.78 is 4.98. The molecule has 3 N–H and O–H groups in total. The molecule has 0 unspecified atom stereocenters. The van der Waals surface area contributed by atoms with Gasteiger partial charge in [0.25, 0.3) is 0 Å². The van der Waals surface area contributed by atoms with Gasteiger partial charge in [-0.1, -0.05) is 17.7 Å². The fourth-order valence-electron chi connectivity index (χ4n) is 2.03. The Kier molecular flexibility index (Phi) is 6.99. The van der Waals surface area contributed by atoms with Gasteiger partial charge in [-0.15, -0.1) is 0 Å². The molecule has 0 radical (unpaired) electrons. The maximum atomic E-state index is 11.8. The number of halogens is 1. The Morgan fingerprint density at radius 3 is 2.69 bits per heavy atom. The minimum Gasteiger partial charge on any atom is -0.504 e. The third-order valence-electron chi connectivity index (χ3n) is 3.29. The van der Waals surface area contributed by atoms with Gasteiger partial charge in [-0.2, -0.15) is 5.10 Å². The number of hydrogen-bond acceptors (Lipinski definition) is 5. The second-order valence-electron chi connectivity index (χ2n) is 5.28. The van der Waals surface area contributed by atoms with Gasteiger partial charge in [0, 0.05) is 23.6 Å². The van der Waals surface area contributed by atoms with E-state index in [2.05, 4.69) is 15.8 Å². The summed E-state index contributed by atoms with van der Waals surface area (Å²) in [6, 6.07) is 11.4. The van der Waals surface area contributed by atoms with Crippen LogP contribution in [0.3, 0.4) is 0 Å². The standard InChI is InChI=1S/C18H18ClN3O4/c1-26-16-9-12(5-6-15(16)23)11-20-22-18(25)8-7-17(24)21-14-4-2-3-13(19)10-14/h2-6,9-11,23H,7-8H2,1H3,(H,21,24)(H,22,25)/b20-11-. The SMILES string of the molecule is COc1cc(/C=N\NC(=O)CCC(=O)Nc2cccc(Cl)c2)ccc1O. The van der Waals surface area contributed by atoms with Crippen molar-refractivity contribution in [3.05, 3.63) is 53.1 Å². The maximum absolute atomic E-state index is 11.8. The first-order chi connectivity index (χ1) is 12.5. The molecule has 8 heteroatoms. The van der Waals surface area contributed by atoms with Gasteiger partial charge < -0.3 is 15.2 Å². The molecule has 0 fully saturated rings. The molecule has 2 aromatic carbocycles. The van der Waals surface area contributed by atoms with Gasteiger partial charge in [0.05, 0.1) is 13.3 Å². The van der Waals surface area contributed by atoms with Gasteiger partial charge in [0.1, 0.15) is 0 Å². The van der Waals surface area contributed by atoms with Crippen LogP contribution in [0, 0.1) is 0 Å². The van der Waals surface area contributed by atoms with E-state index in [-0.39, 0.29) is 24.5 Å². The highest BCUT2D eigenvalue weighted by Crippen LogP contribution is 2.25. The topological polar surface area (TPSA) is 100 Å². The molecule has 7 nitrogen and oxygen atoms in total. The van der Waals surface area contributed by atoms with Crippen LogP contribution >= 0.6 is 11.6 Å². The minimum absolute atomic E-state index is 0.0113. The van der Waals surface area contributed by atoms with Gasteiger partial charge in [-0.05, 0) is 42.0 Å². The van der Waals surface area contributed by atoms with Crippen LogP contribution in [0.5, 0.6) is 11.5 Å². The van der Waals surface area contributed by atoms with E-state index in [1.807, 2.05) is 0 Å². The number of rotatable bonds is 7. The highest BCUT2D eigenvalue weighted by atomic mass is 35.5. The van der Waals surface area contributed by atoms with E-state index in [0.29, 0.717) is 22.0 Å². The number of phenols is 1. The zero-order chi connectivity index (χ0) is 18.9. The summed E-state index contributed by atoms with van der Waals surface area (Å²) in [6.45, 7) is 0. The average molecular weight is 376 g/mol. The number of anilines is 1. The number of aromatic hydroxyl groups is 1. The fraction of sp³-hybridized carbons (Fsp3) is 0.167. The smallest absolute Gasteiger partial charge is 0.240 e. The molecule has 26 heavy (non-hydrogen) atoms. The van der Waals surface area contributed by atoms with E-state index in [9.17, 15) is 14.7 Å². The Labute approximate surface area is 155 Å². The number of phenolic OH excluding ortho intramolecular Hbond substituents is 1. The quantitative estimate of drug-likeness (QED) is 0.511. The van der Waals surface area contributed by atoms with Crippen LogP contribution in [0.1, 0.15) is 18.4 Å². The van der Waals surface area contributed by atoms with E-state index < -0.39 is 5.91 Å². The second-order valence-corrected chi connectivity index (χ2v) is 5.72. The van der Waals surface area contributed by atoms with Crippen LogP contribution in [-0.2, 0) is 9.59 Å². The highest BCUT2D eigenvalue weighted by Gasteiger charge is 2.07. The Hall–Kier alpha value is -3.06. The first-order valence-electron chi connectivity index (χ1n) is 7.72. The Morgan fingerprint density at radius 1 is 1.19 bits per heavy atom. The number of carbonyl (C=O) groups is 2. The minimum atomic E-state index is -0.395. The number of hydrazone groups is 1. The molecular weight excluding hydrogens is 358 g/mol. The zero-order valence-corrected chi connectivity index (χ0v) is 14.8. The first kappa shape index (κ1) is 19.3. The second kappa shape index (κ2) is 9.43. The van der Waals surface area contributed by atoms with Crippen molar-refractivity contribution in [3.8, 4) is 11.5 Å². The Bertz CT molecular complexity index is 824. The molecule has 0 aliphatic heterocycles. The molecule has 0 bridgehead atoms. The van der Waals surface area contributed by atoms with Crippen LogP contribution in [0.25, 0.3) is 0 Å². The molecule has 2 rings (SSSR count). The lowest BCUT2D eigenvalue weighted by atomic mass is 10.2. The summed E-state index contributed by atoms with van der Waals surface area (Å²) in [7, 11) is 1.44. The number of ether oxygens (including phenoxy) is 1. The van der Waals surface area contributed by atoms with E-state index in [0.717, 1.165) is 0 Å². The van der Waals surface area contributed by atoms with Crippen LogP contribution < -0.4 is 15.5 Å². The summed E-state index contributed by atoms with van der Waals surface area (Å²) in [4.78, 5) is 23.5. The molecule has 0 heterocycles. The Balaban J connectivity index is 1.77. The lowest BCUT2D eigenvalue weighted by Crippen LogP contribution is -2.20. The highest BCUT2D eigenvalue weighted by molar-refractivity contribution is 6.30. The molecule has 0 atom stereocenters. The van der Waals surface area contributed by atoms with Crippen molar-refractivity contribution in [2.45, 2.75) is 12.8 Å². The van der Waals surface area contributed by atoms with Crippen LogP contribution in [0.15, 0.2) is 47.6 Å². The van der Waals surface area contributed by atoms with Gasteiger partial charge in [0.2, 0.25) is 11.8 Å². The average Bonchev–Trinajstić information content (AvgIpc) is 2.61. The molecule has 0 aromatic heterocycles. The van der Waals surface area contributed by atoms with Gasteiger partial charge in [-0.25, -0.2) is 5.43 Å². The van der Waals surface area contributed by atoms with Gasteiger partial charge >= 0.3 is 0 Å². The normalized spacial score (nSPS) is 10.5. The van der Waals surface area contributed by atoms with Crippen LogP contribution in [-0.4, -0.2) is 30.2 Å². The summed E-state index contributed by atoms with van der Waals surface area (Å²) in [6.07, 6.45) is 1.41. The fourth-order valence-corrected chi connectivity index (χ4v) is 2.22. The first-order valence-corrected chi connectivity index (χ1v) is 8.10. The molecule has 136 valence electrons. The van der Waals surface area contributed by atoms with Crippen molar-refractivity contribution in [1.29, 1.82) is 0 Å². The number of carbonyl (C=O) groups excluding carboxylic acids is 2. The number of nitrogens with one attached hydrogen (secondary N) is 2. The number of nitrogens with zero attached hydrogens (tertiary/aromatic N) is 1. The summed E-state index contributed by atoms with van der Waals surface area (Å²) in [5.74, 6) is -0.375. The lowest BCUT2D eigenvalue weighted by Gasteiger charge is -2.05. The van der Waals surface area contributed by atoms with E-state index in [1.54, 1.807) is 36.4 Å². The molecule has 0 aliphatic rings. The molecule has 0 aliphatic carbocycles. The van der Waals surface area contributed by atoms with Gasteiger partial charge in [0.15, 0.2) is 11.5 Å². The van der Waals surface area contributed by atoms with Crippen molar-refractivity contribution in [3.63, 3.8) is 0 Å². The van der Waals surface area contributed by atoms with Crippen molar-refractivity contribution >= 4 is 35.3 Å². The summed E-state index contributed by atoms with van der Waals surface area (Å²) in [5, 5.41) is 16.5. The molecular formula is C18H18ClN3O4. The van der Waals surface area contributed by atoms with Gasteiger partial charge in [-0.3, -0.25) is 9.59 Å².